The number of benzene rings is 2. The Balaban J connectivity index is 1.51. The number of aliphatic carboxylic acids is 1. The molecule has 0 aromatic heterocycles. The highest BCUT2D eigenvalue weighted by molar-refractivity contribution is 7.89. The minimum atomic E-state index is -3.76. The van der Waals surface area contributed by atoms with Gasteiger partial charge in [0.2, 0.25) is 10.0 Å². The van der Waals surface area contributed by atoms with Gasteiger partial charge in [0.25, 0.3) is 11.8 Å². The lowest BCUT2D eigenvalue weighted by molar-refractivity contribution is -0.138. The summed E-state index contributed by atoms with van der Waals surface area (Å²) in [4.78, 5) is 38.7. The van der Waals surface area contributed by atoms with Crippen molar-refractivity contribution >= 4 is 33.5 Å². The first-order valence-corrected chi connectivity index (χ1v) is 10.8. The quantitative estimate of drug-likeness (QED) is 0.702. The predicted molar refractivity (Wildman–Crippen MR) is 107 cm³/mol. The largest absolute Gasteiger partial charge is 0.480 e. The Morgan fingerprint density at radius 1 is 0.867 bits per heavy atom. The summed E-state index contributed by atoms with van der Waals surface area (Å²) in [6.45, 7) is 0.922. The molecule has 2 aromatic carbocycles. The molecule has 0 bridgehead atoms. The van der Waals surface area contributed by atoms with Crippen LogP contribution in [-0.4, -0.2) is 73.2 Å². The Morgan fingerprint density at radius 3 is 1.90 bits per heavy atom. The molecular formula is C20H19N3O6S. The number of amides is 2. The van der Waals surface area contributed by atoms with E-state index in [-0.39, 0.29) is 24.5 Å². The van der Waals surface area contributed by atoms with Crippen LogP contribution in [0.2, 0.25) is 0 Å². The first-order chi connectivity index (χ1) is 14.3. The van der Waals surface area contributed by atoms with E-state index < -0.39 is 27.8 Å². The van der Waals surface area contributed by atoms with Crippen molar-refractivity contribution < 1.29 is 27.9 Å². The molecule has 2 aliphatic heterocycles. The van der Waals surface area contributed by atoms with E-state index in [0.717, 1.165) is 4.90 Å². The molecule has 1 N–H and O–H groups in total. The number of piperazine rings is 1. The molecule has 0 spiro atoms. The second kappa shape index (κ2) is 7.63. The third-order valence-electron chi connectivity index (χ3n) is 5.22. The van der Waals surface area contributed by atoms with Crippen LogP contribution in [0.15, 0.2) is 53.4 Å². The van der Waals surface area contributed by atoms with Crippen LogP contribution in [-0.2, 0) is 14.8 Å². The third-order valence-corrected chi connectivity index (χ3v) is 7.13. The van der Waals surface area contributed by atoms with Crippen LogP contribution in [0.1, 0.15) is 20.7 Å². The second-order valence-corrected chi connectivity index (χ2v) is 9.00. The third kappa shape index (κ3) is 3.49. The summed E-state index contributed by atoms with van der Waals surface area (Å²) in [6.07, 6.45) is 0. The zero-order chi connectivity index (χ0) is 21.5. The van der Waals surface area contributed by atoms with Gasteiger partial charge in [0.1, 0.15) is 0 Å². The number of hydrogen-bond donors (Lipinski definition) is 1. The van der Waals surface area contributed by atoms with Gasteiger partial charge in [-0.2, -0.15) is 4.31 Å². The first-order valence-electron chi connectivity index (χ1n) is 9.31. The maximum atomic E-state index is 12.9. The van der Waals surface area contributed by atoms with Gasteiger partial charge in [-0.15, -0.1) is 0 Å². The van der Waals surface area contributed by atoms with Crippen molar-refractivity contribution in [1.82, 2.24) is 9.21 Å². The molecule has 1 fully saturated rings. The Labute approximate surface area is 173 Å². The summed E-state index contributed by atoms with van der Waals surface area (Å²) in [5.74, 6) is -1.84. The molecule has 156 valence electrons. The number of carboxylic acids is 1. The van der Waals surface area contributed by atoms with Crippen molar-refractivity contribution in [3.8, 4) is 0 Å². The number of fused-ring (bicyclic) bond motifs is 1. The summed E-state index contributed by atoms with van der Waals surface area (Å²) in [5, 5.41) is 8.85. The fourth-order valence-corrected chi connectivity index (χ4v) is 5.08. The van der Waals surface area contributed by atoms with Gasteiger partial charge in [-0.25, -0.2) is 13.3 Å². The van der Waals surface area contributed by atoms with Crippen molar-refractivity contribution in [3.63, 3.8) is 0 Å². The van der Waals surface area contributed by atoms with E-state index in [9.17, 15) is 22.8 Å². The number of nitrogens with zero attached hydrogens (tertiary/aromatic N) is 3. The highest BCUT2D eigenvalue weighted by atomic mass is 32.2. The molecule has 30 heavy (non-hydrogen) atoms. The van der Waals surface area contributed by atoms with E-state index >= 15 is 0 Å². The molecule has 10 heteroatoms. The van der Waals surface area contributed by atoms with Gasteiger partial charge < -0.3 is 5.11 Å². The Kier molecular flexibility index (Phi) is 5.14. The van der Waals surface area contributed by atoms with E-state index in [4.69, 9.17) is 5.11 Å². The van der Waals surface area contributed by atoms with E-state index in [1.54, 1.807) is 29.2 Å². The molecule has 1 saturated heterocycles. The average molecular weight is 429 g/mol. The molecule has 2 aliphatic rings. The van der Waals surface area contributed by atoms with Gasteiger partial charge in [-0.05, 0) is 36.4 Å². The van der Waals surface area contributed by atoms with Gasteiger partial charge in [0.15, 0.2) is 0 Å². The highest BCUT2D eigenvalue weighted by Gasteiger charge is 2.36. The van der Waals surface area contributed by atoms with Crippen molar-refractivity contribution in [1.29, 1.82) is 0 Å². The summed E-state index contributed by atoms with van der Waals surface area (Å²) < 4.78 is 27.1. The minimum Gasteiger partial charge on any atom is -0.480 e. The number of imide groups is 1. The summed E-state index contributed by atoms with van der Waals surface area (Å²) in [5.41, 5.74) is 0.934. The lowest BCUT2D eigenvalue weighted by Crippen LogP contribution is -2.49. The smallest absolute Gasteiger partial charge is 0.317 e. The molecule has 0 atom stereocenters. The average Bonchev–Trinajstić information content (AvgIpc) is 2.99. The number of carbonyl (C=O) groups excluding carboxylic acids is 2. The number of carboxylic acid groups (broad SMARTS) is 1. The first kappa shape index (κ1) is 20.2. The zero-order valence-corrected chi connectivity index (χ0v) is 16.7. The molecule has 4 rings (SSSR count). The molecule has 0 unspecified atom stereocenters. The van der Waals surface area contributed by atoms with Gasteiger partial charge in [0, 0.05) is 26.2 Å². The van der Waals surface area contributed by atoms with Crippen LogP contribution in [0.3, 0.4) is 0 Å². The lowest BCUT2D eigenvalue weighted by atomic mass is 10.1. The fraction of sp³-hybridized carbons (Fsp3) is 0.250. The number of hydrogen-bond acceptors (Lipinski definition) is 6. The second-order valence-electron chi connectivity index (χ2n) is 7.06. The highest BCUT2D eigenvalue weighted by Crippen LogP contribution is 2.29. The molecule has 2 aromatic rings. The monoisotopic (exact) mass is 429 g/mol. The summed E-state index contributed by atoms with van der Waals surface area (Å²) >= 11 is 0. The maximum Gasteiger partial charge on any atom is 0.317 e. The Bertz CT molecular complexity index is 1090. The van der Waals surface area contributed by atoms with Gasteiger partial charge in [-0.3, -0.25) is 19.3 Å². The Morgan fingerprint density at radius 2 is 1.40 bits per heavy atom. The summed E-state index contributed by atoms with van der Waals surface area (Å²) in [6, 6.07) is 12.1. The molecule has 0 saturated carbocycles. The van der Waals surface area contributed by atoms with Crippen LogP contribution in [0, 0.1) is 0 Å². The molecule has 2 heterocycles. The van der Waals surface area contributed by atoms with Crippen molar-refractivity contribution in [2.75, 3.05) is 37.6 Å². The van der Waals surface area contributed by atoms with Crippen LogP contribution in [0.4, 0.5) is 5.69 Å². The summed E-state index contributed by atoms with van der Waals surface area (Å²) in [7, 11) is -3.76. The van der Waals surface area contributed by atoms with Crippen molar-refractivity contribution in [3.05, 3.63) is 59.7 Å². The topological polar surface area (TPSA) is 115 Å². The Hall–Kier alpha value is -3.08. The zero-order valence-electron chi connectivity index (χ0n) is 15.9. The SMILES string of the molecule is O=C(O)CN1CCN(S(=O)(=O)c2ccc(N3C(=O)c4ccccc4C3=O)cc2)CC1. The van der Waals surface area contributed by atoms with Crippen LogP contribution < -0.4 is 4.90 Å². The standard InChI is InChI=1S/C20H19N3O6S/c24-18(25)13-21-9-11-22(12-10-21)30(28,29)15-7-5-14(6-8-15)23-19(26)16-3-1-2-4-17(16)20(23)27/h1-8H,9-13H2,(H,24,25). The fourth-order valence-electron chi connectivity index (χ4n) is 3.66. The van der Waals surface area contributed by atoms with Crippen LogP contribution >= 0.6 is 0 Å². The molecule has 9 nitrogen and oxygen atoms in total. The van der Waals surface area contributed by atoms with Gasteiger partial charge in [-0.1, -0.05) is 12.1 Å². The number of rotatable bonds is 5. The van der Waals surface area contributed by atoms with E-state index in [2.05, 4.69) is 0 Å². The van der Waals surface area contributed by atoms with Crippen LogP contribution in [0.25, 0.3) is 0 Å². The van der Waals surface area contributed by atoms with E-state index in [1.807, 2.05) is 0 Å². The lowest BCUT2D eigenvalue weighted by Gasteiger charge is -2.33. The molecule has 0 radical (unpaired) electrons. The van der Waals surface area contributed by atoms with Crippen molar-refractivity contribution in [2.45, 2.75) is 4.90 Å². The van der Waals surface area contributed by atoms with E-state index in [1.165, 1.54) is 28.6 Å². The van der Waals surface area contributed by atoms with Gasteiger partial charge >= 0.3 is 5.97 Å². The minimum absolute atomic E-state index is 0.0505. The predicted octanol–water partition coefficient (Wildman–Crippen LogP) is 0.878. The maximum absolute atomic E-state index is 12.9. The number of sulfonamides is 1. The number of anilines is 1. The van der Waals surface area contributed by atoms with Crippen LogP contribution in [0.5, 0.6) is 0 Å². The molecule has 0 aliphatic carbocycles. The normalized spacial score (nSPS) is 17.9. The molecular weight excluding hydrogens is 410 g/mol. The van der Waals surface area contributed by atoms with E-state index in [0.29, 0.717) is 29.9 Å². The molecule has 2 amide bonds. The van der Waals surface area contributed by atoms with Crippen molar-refractivity contribution in [2.24, 2.45) is 0 Å². The number of carbonyl (C=O) groups is 3. The van der Waals surface area contributed by atoms with Gasteiger partial charge in [0.05, 0.1) is 28.3 Å².